The molecule has 8 nitrogen and oxygen atoms in total. The van der Waals surface area contributed by atoms with E-state index in [4.69, 9.17) is 14.2 Å². The number of fused-ring (bicyclic) bond motifs is 2. The second-order valence-electron chi connectivity index (χ2n) is 8.52. The topological polar surface area (TPSA) is 102 Å². The minimum Gasteiger partial charge on any atom is -0.486 e. The number of amides is 2. The standard InChI is InChI=1S/C28H27N3O5/c32-27(30-16-20-10-11-25-26(14-20)35-13-12-34-25)24(15-21-17-29-23-9-5-4-8-22(21)23)31-28(33)36-18-19-6-2-1-3-7-19/h1-11,14,17,24,29H,12-13,15-16,18H2,(H,30,32)(H,31,33)/t24-/m0/s1. The summed E-state index contributed by atoms with van der Waals surface area (Å²) in [5, 5.41) is 6.68. The highest BCUT2D eigenvalue weighted by Gasteiger charge is 2.23. The van der Waals surface area contributed by atoms with Crippen molar-refractivity contribution in [2.24, 2.45) is 0 Å². The van der Waals surface area contributed by atoms with Gasteiger partial charge in [0.2, 0.25) is 5.91 Å². The van der Waals surface area contributed by atoms with Crippen LogP contribution in [0.2, 0.25) is 0 Å². The van der Waals surface area contributed by atoms with E-state index in [9.17, 15) is 9.59 Å². The van der Waals surface area contributed by atoms with Gasteiger partial charge in [-0.3, -0.25) is 4.79 Å². The number of hydrogen-bond acceptors (Lipinski definition) is 5. The van der Waals surface area contributed by atoms with Gasteiger partial charge in [0.15, 0.2) is 11.5 Å². The van der Waals surface area contributed by atoms with E-state index in [-0.39, 0.29) is 19.1 Å². The number of H-pyrrole nitrogens is 1. The van der Waals surface area contributed by atoms with Gasteiger partial charge >= 0.3 is 6.09 Å². The molecule has 3 aromatic carbocycles. The number of alkyl carbamates (subject to hydrolysis) is 1. The van der Waals surface area contributed by atoms with E-state index >= 15 is 0 Å². The highest BCUT2D eigenvalue weighted by atomic mass is 16.6. The van der Waals surface area contributed by atoms with Gasteiger partial charge in [-0.25, -0.2) is 4.79 Å². The molecule has 0 spiro atoms. The molecule has 1 atom stereocenters. The second kappa shape index (κ2) is 10.9. The molecule has 0 fully saturated rings. The fraction of sp³-hybridized carbons (Fsp3) is 0.214. The molecule has 0 aliphatic carbocycles. The van der Waals surface area contributed by atoms with Crippen LogP contribution >= 0.6 is 0 Å². The van der Waals surface area contributed by atoms with Crippen LogP contribution in [0.3, 0.4) is 0 Å². The maximum absolute atomic E-state index is 13.2. The third kappa shape index (κ3) is 5.60. The fourth-order valence-electron chi connectivity index (χ4n) is 4.15. The number of nitrogens with one attached hydrogen (secondary N) is 3. The zero-order chi connectivity index (χ0) is 24.7. The molecule has 2 heterocycles. The summed E-state index contributed by atoms with van der Waals surface area (Å²) in [6.07, 6.45) is 1.51. The van der Waals surface area contributed by atoms with Crippen molar-refractivity contribution in [1.82, 2.24) is 15.6 Å². The first-order valence-corrected chi connectivity index (χ1v) is 11.8. The van der Waals surface area contributed by atoms with Crippen molar-refractivity contribution in [2.45, 2.75) is 25.6 Å². The Labute approximate surface area is 208 Å². The number of carbonyl (C=O) groups excluding carboxylic acids is 2. The monoisotopic (exact) mass is 485 g/mol. The molecule has 3 N–H and O–H groups in total. The molecule has 36 heavy (non-hydrogen) atoms. The summed E-state index contributed by atoms with van der Waals surface area (Å²) in [6, 6.07) is 22.0. The molecule has 1 aliphatic heterocycles. The zero-order valence-electron chi connectivity index (χ0n) is 19.7. The van der Waals surface area contributed by atoms with Crippen LogP contribution in [-0.2, 0) is 29.1 Å². The van der Waals surface area contributed by atoms with Crippen molar-refractivity contribution in [3.63, 3.8) is 0 Å². The molecule has 184 valence electrons. The van der Waals surface area contributed by atoms with Gasteiger partial charge in [-0.05, 0) is 34.9 Å². The van der Waals surface area contributed by atoms with Crippen LogP contribution in [0.15, 0.2) is 79.0 Å². The molecular weight excluding hydrogens is 458 g/mol. The van der Waals surface area contributed by atoms with Crippen LogP contribution in [0.25, 0.3) is 10.9 Å². The number of aromatic amines is 1. The van der Waals surface area contributed by atoms with Gasteiger partial charge in [0, 0.05) is 30.1 Å². The molecule has 0 unspecified atom stereocenters. The van der Waals surface area contributed by atoms with Crippen molar-refractivity contribution >= 4 is 22.9 Å². The Balaban J connectivity index is 1.27. The summed E-state index contributed by atoms with van der Waals surface area (Å²) in [7, 11) is 0. The SMILES string of the molecule is O=C(N[C@@H](Cc1c[nH]c2ccccc12)C(=O)NCc1ccc2c(c1)OCCO2)OCc1ccccc1. The van der Waals surface area contributed by atoms with Gasteiger partial charge < -0.3 is 29.8 Å². The second-order valence-corrected chi connectivity index (χ2v) is 8.52. The van der Waals surface area contributed by atoms with Crippen molar-refractivity contribution in [2.75, 3.05) is 13.2 Å². The summed E-state index contributed by atoms with van der Waals surface area (Å²) in [4.78, 5) is 29.1. The molecule has 4 aromatic rings. The van der Waals surface area contributed by atoms with Gasteiger partial charge in [-0.15, -0.1) is 0 Å². The highest BCUT2D eigenvalue weighted by molar-refractivity contribution is 5.88. The first-order valence-electron chi connectivity index (χ1n) is 11.8. The Bertz CT molecular complexity index is 1350. The fourth-order valence-corrected chi connectivity index (χ4v) is 4.15. The molecule has 0 saturated carbocycles. The molecule has 5 rings (SSSR count). The largest absolute Gasteiger partial charge is 0.486 e. The lowest BCUT2D eigenvalue weighted by molar-refractivity contribution is -0.123. The van der Waals surface area contributed by atoms with E-state index in [0.29, 0.717) is 31.1 Å². The molecular formula is C28H27N3O5. The maximum atomic E-state index is 13.2. The molecule has 8 heteroatoms. The van der Waals surface area contributed by atoms with Crippen molar-refractivity contribution < 1.29 is 23.8 Å². The summed E-state index contributed by atoms with van der Waals surface area (Å²) < 4.78 is 16.6. The van der Waals surface area contributed by atoms with Crippen LogP contribution in [0.5, 0.6) is 11.5 Å². The zero-order valence-corrected chi connectivity index (χ0v) is 19.7. The minimum atomic E-state index is -0.829. The third-order valence-corrected chi connectivity index (χ3v) is 5.99. The van der Waals surface area contributed by atoms with Crippen LogP contribution in [0.4, 0.5) is 4.79 Å². The quantitative estimate of drug-likeness (QED) is 0.349. The van der Waals surface area contributed by atoms with E-state index in [2.05, 4.69) is 15.6 Å². The van der Waals surface area contributed by atoms with Crippen molar-refractivity contribution in [1.29, 1.82) is 0 Å². The molecule has 0 saturated heterocycles. The first kappa shape index (κ1) is 23.3. The van der Waals surface area contributed by atoms with Crippen molar-refractivity contribution in [3.05, 3.63) is 95.7 Å². The number of rotatable bonds is 8. The smallest absolute Gasteiger partial charge is 0.408 e. The van der Waals surface area contributed by atoms with Crippen LogP contribution in [-0.4, -0.2) is 36.2 Å². The van der Waals surface area contributed by atoms with Gasteiger partial charge in [0.1, 0.15) is 25.9 Å². The normalized spacial score (nSPS) is 13.1. The Hall–Kier alpha value is -4.46. The molecule has 1 aliphatic rings. The predicted molar refractivity (Wildman–Crippen MR) is 135 cm³/mol. The van der Waals surface area contributed by atoms with Crippen LogP contribution in [0, 0.1) is 0 Å². The number of aromatic nitrogens is 1. The van der Waals surface area contributed by atoms with E-state index < -0.39 is 12.1 Å². The summed E-state index contributed by atoms with van der Waals surface area (Å²) >= 11 is 0. The Morgan fingerprint density at radius 3 is 2.56 bits per heavy atom. The molecule has 1 aromatic heterocycles. The number of benzene rings is 3. The predicted octanol–water partition coefficient (Wildman–Crippen LogP) is 4.09. The third-order valence-electron chi connectivity index (χ3n) is 5.99. The van der Waals surface area contributed by atoms with Crippen molar-refractivity contribution in [3.8, 4) is 11.5 Å². The van der Waals surface area contributed by atoms with E-state index in [1.807, 2.05) is 79.0 Å². The number of ether oxygens (including phenoxy) is 3. The Kier molecular flexibility index (Phi) is 7.02. The van der Waals surface area contributed by atoms with Gasteiger partial charge in [-0.2, -0.15) is 0 Å². The molecule has 2 amide bonds. The van der Waals surface area contributed by atoms with Gasteiger partial charge in [-0.1, -0.05) is 54.6 Å². The van der Waals surface area contributed by atoms with E-state index in [0.717, 1.165) is 27.6 Å². The average Bonchev–Trinajstić information content (AvgIpc) is 3.33. The number of hydrogen-bond donors (Lipinski definition) is 3. The highest BCUT2D eigenvalue weighted by Crippen LogP contribution is 2.30. The molecule has 0 bridgehead atoms. The lowest BCUT2D eigenvalue weighted by Crippen LogP contribution is -2.48. The minimum absolute atomic E-state index is 0.116. The molecule has 0 radical (unpaired) electrons. The maximum Gasteiger partial charge on any atom is 0.408 e. The van der Waals surface area contributed by atoms with E-state index in [1.165, 1.54) is 0 Å². The Morgan fingerprint density at radius 2 is 1.69 bits per heavy atom. The number of carbonyl (C=O) groups is 2. The lowest BCUT2D eigenvalue weighted by atomic mass is 10.0. The van der Waals surface area contributed by atoms with Gasteiger partial charge in [0.05, 0.1) is 0 Å². The summed E-state index contributed by atoms with van der Waals surface area (Å²) in [6.45, 7) is 1.40. The van der Waals surface area contributed by atoms with E-state index in [1.54, 1.807) is 0 Å². The lowest BCUT2D eigenvalue weighted by Gasteiger charge is -2.20. The van der Waals surface area contributed by atoms with Gasteiger partial charge in [0.25, 0.3) is 0 Å². The van der Waals surface area contributed by atoms with Crippen LogP contribution in [0.1, 0.15) is 16.7 Å². The first-order chi connectivity index (χ1) is 17.7. The van der Waals surface area contributed by atoms with Crippen LogP contribution < -0.4 is 20.1 Å². The Morgan fingerprint density at radius 1 is 0.917 bits per heavy atom. The number of para-hydroxylation sites is 1. The summed E-state index contributed by atoms with van der Waals surface area (Å²) in [5.74, 6) is 1.04. The average molecular weight is 486 g/mol. The summed E-state index contributed by atoms with van der Waals surface area (Å²) in [5.41, 5.74) is 3.62.